The minimum Gasteiger partial charge on any atom is -0.348 e. The molecule has 1 spiro atoms. The molecule has 2 aliphatic carbocycles. The summed E-state index contributed by atoms with van der Waals surface area (Å²) in [4.78, 5) is 37.8. The fourth-order valence-corrected chi connectivity index (χ4v) is 5.20. The second-order valence-electron chi connectivity index (χ2n) is 8.63. The van der Waals surface area contributed by atoms with E-state index >= 15 is 0 Å². The Kier molecular flexibility index (Phi) is 4.10. The lowest BCUT2D eigenvalue weighted by Gasteiger charge is -2.50. The zero-order valence-electron chi connectivity index (χ0n) is 15.8. The van der Waals surface area contributed by atoms with Gasteiger partial charge in [-0.2, -0.15) is 0 Å². The maximum atomic E-state index is 13.0. The van der Waals surface area contributed by atoms with Gasteiger partial charge in [0.05, 0.1) is 17.6 Å². The minimum absolute atomic E-state index is 0.219. The van der Waals surface area contributed by atoms with Gasteiger partial charge in [-0.05, 0) is 44.4 Å². The number of aromatic amines is 1. The molecule has 6 heteroatoms. The lowest BCUT2D eigenvalue weighted by molar-refractivity contribution is -0.145. The third kappa shape index (κ3) is 2.89. The molecule has 1 atom stereocenters. The number of likely N-dealkylation sites (tertiary alicyclic amines) is 1. The maximum absolute atomic E-state index is 13.0. The summed E-state index contributed by atoms with van der Waals surface area (Å²) in [6, 6.07) is 0. The Morgan fingerprint density at radius 2 is 2.00 bits per heavy atom. The zero-order valence-corrected chi connectivity index (χ0v) is 15.8. The minimum atomic E-state index is -0.322. The summed E-state index contributed by atoms with van der Waals surface area (Å²) in [5.74, 6) is 1.20. The van der Waals surface area contributed by atoms with Crippen molar-refractivity contribution >= 4 is 11.8 Å². The largest absolute Gasteiger partial charge is 0.348 e. The third-order valence-electron chi connectivity index (χ3n) is 6.95. The summed E-state index contributed by atoms with van der Waals surface area (Å²) < 4.78 is 0. The van der Waals surface area contributed by atoms with Gasteiger partial charge in [-0.25, -0.2) is 4.98 Å². The van der Waals surface area contributed by atoms with Gasteiger partial charge in [0.15, 0.2) is 0 Å². The number of aromatic nitrogens is 2. The van der Waals surface area contributed by atoms with E-state index in [0.717, 1.165) is 70.3 Å². The predicted molar refractivity (Wildman–Crippen MR) is 101 cm³/mol. The first-order chi connectivity index (χ1) is 13.2. The molecule has 1 aromatic rings. The van der Waals surface area contributed by atoms with E-state index in [4.69, 9.17) is 0 Å². The first kappa shape index (κ1) is 17.0. The van der Waals surface area contributed by atoms with Gasteiger partial charge in [-0.15, -0.1) is 0 Å². The highest BCUT2D eigenvalue weighted by Crippen LogP contribution is 2.45. The van der Waals surface area contributed by atoms with E-state index in [1.54, 1.807) is 6.33 Å². The summed E-state index contributed by atoms with van der Waals surface area (Å²) in [5.41, 5.74) is 1.90. The number of H-pyrrole nitrogens is 1. The van der Waals surface area contributed by atoms with E-state index in [1.165, 1.54) is 5.69 Å². The van der Waals surface area contributed by atoms with Gasteiger partial charge < -0.3 is 14.8 Å². The van der Waals surface area contributed by atoms with Crippen LogP contribution in [0.2, 0.25) is 0 Å². The Hall–Kier alpha value is -2.11. The topological polar surface area (TPSA) is 69.3 Å². The molecule has 2 amide bonds. The van der Waals surface area contributed by atoms with Gasteiger partial charge in [0.25, 0.3) is 0 Å². The molecule has 1 aromatic heterocycles. The SMILES string of the molecule is O=C(C[C@@H]1C=CCC1)N1CCC2(CC1)c1nc[nH]c1CCN2C(=O)C1CC1. The Morgan fingerprint density at radius 1 is 1.19 bits per heavy atom. The number of imidazole rings is 1. The van der Waals surface area contributed by atoms with Gasteiger partial charge in [0.1, 0.15) is 0 Å². The number of piperidine rings is 1. The molecule has 3 heterocycles. The molecule has 27 heavy (non-hydrogen) atoms. The zero-order chi connectivity index (χ0) is 18.4. The third-order valence-corrected chi connectivity index (χ3v) is 6.95. The van der Waals surface area contributed by atoms with E-state index < -0.39 is 0 Å². The van der Waals surface area contributed by atoms with Crippen molar-refractivity contribution in [2.75, 3.05) is 19.6 Å². The molecule has 144 valence electrons. The normalized spacial score (nSPS) is 26.4. The van der Waals surface area contributed by atoms with Crippen LogP contribution in [0.1, 0.15) is 56.3 Å². The molecule has 1 saturated carbocycles. The van der Waals surface area contributed by atoms with Gasteiger partial charge in [-0.3, -0.25) is 9.59 Å². The van der Waals surface area contributed by atoms with Crippen LogP contribution < -0.4 is 0 Å². The fourth-order valence-electron chi connectivity index (χ4n) is 5.20. The number of allylic oxidation sites excluding steroid dienone is 2. The van der Waals surface area contributed by atoms with E-state index in [1.807, 2.05) is 4.90 Å². The summed E-state index contributed by atoms with van der Waals surface area (Å²) in [5, 5.41) is 0. The van der Waals surface area contributed by atoms with E-state index in [0.29, 0.717) is 18.2 Å². The molecule has 0 bridgehead atoms. The molecular formula is C21H28N4O2. The molecule has 0 unspecified atom stereocenters. The van der Waals surface area contributed by atoms with Crippen molar-refractivity contribution in [1.82, 2.24) is 19.8 Å². The average Bonchev–Trinajstić information content (AvgIpc) is 3.19. The van der Waals surface area contributed by atoms with Crippen LogP contribution in [0.5, 0.6) is 0 Å². The Morgan fingerprint density at radius 3 is 2.70 bits per heavy atom. The smallest absolute Gasteiger partial charge is 0.226 e. The number of nitrogens with zero attached hydrogens (tertiary/aromatic N) is 3. The highest BCUT2D eigenvalue weighted by Gasteiger charge is 2.51. The van der Waals surface area contributed by atoms with Crippen molar-refractivity contribution in [3.63, 3.8) is 0 Å². The first-order valence-electron chi connectivity index (χ1n) is 10.5. The van der Waals surface area contributed by atoms with Crippen molar-refractivity contribution in [2.45, 2.75) is 56.9 Å². The van der Waals surface area contributed by atoms with Crippen LogP contribution in [0, 0.1) is 11.8 Å². The van der Waals surface area contributed by atoms with E-state index in [2.05, 4.69) is 27.0 Å². The molecule has 0 radical (unpaired) electrons. The number of nitrogens with one attached hydrogen (secondary N) is 1. The number of carbonyl (C=O) groups excluding carboxylic acids is 2. The Balaban J connectivity index is 1.34. The van der Waals surface area contributed by atoms with Gasteiger partial charge in [0, 0.05) is 44.1 Å². The molecule has 4 aliphatic rings. The summed E-state index contributed by atoms with van der Waals surface area (Å²) >= 11 is 0. The summed E-state index contributed by atoms with van der Waals surface area (Å²) in [6.07, 6.45) is 13.5. The highest BCUT2D eigenvalue weighted by atomic mass is 16.2. The molecule has 6 nitrogen and oxygen atoms in total. The van der Waals surface area contributed by atoms with Crippen LogP contribution in [0.4, 0.5) is 0 Å². The van der Waals surface area contributed by atoms with Gasteiger partial charge >= 0.3 is 0 Å². The van der Waals surface area contributed by atoms with Gasteiger partial charge in [0.2, 0.25) is 11.8 Å². The molecular weight excluding hydrogens is 340 g/mol. The standard InChI is InChI=1S/C21H28N4O2/c26-18(13-15-3-1-2-4-15)24-11-8-21(9-12-24)19-17(22-14-23-19)7-10-25(21)20(27)16-5-6-16/h1,3,14-16H,2,4-13H2,(H,22,23)/t15-/m1/s1. The van der Waals surface area contributed by atoms with Crippen LogP contribution in [0.25, 0.3) is 0 Å². The first-order valence-corrected chi connectivity index (χ1v) is 10.5. The fraction of sp³-hybridized carbons (Fsp3) is 0.667. The van der Waals surface area contributed by atoms with E-state index in [9.17, 15) is 9.59 Å². The summed E-state index contributed by atoms with van der Waals surface area (Å²) in [7, 11) is 0. The predicted octanol–water partition coefficient (Wildman–Crippen LogP) is 2.38. The Bertz CT molecular complexity index is 771. The second-order valence-corrected chi connectivity index (χ2v) is 8.63. The molecule has 1 N–H and O–H groups in total. The lowest BCUT2D eigenvalue weighted by Crippen LogP contribution is -2.59. The van der Waals surface area contributed by atoms with Crippen molar-refractivity contribution in [3.05, 3.63) is 29.9 Å². The van der Waals surface area contributed by atoms with Crippen LogP contribution >= 0.6 is 0 Å². The highest BCUT2D eigenvalue weighted by molar-refractivity contribution is 5.82. The summed E-state index contributed by atoms with van der Waals surface area (Å²) in [6.45, 7) is 2.21. The molecule has 0 aromatic carbocycles. The van der Waals surface area contributed by atoms with Crippen LogP contribution in [-0.2, 0) is 21.5 Å². The molecule has 2 aliphatic heterocycles. The number of hydrogen-bond acceptors (Lipinski definition) is 3. The number of rotatable bonds is 3. The lowest BCUT2D eigenvalue weighted by atomic mass is 9.78. The number of hydrogen-bond donors (Lipinski definition) is 1. The molecule has 1 saturated heterocycles. The van der Waals surface area contributed by atoms with E-state index in [-0.39, 0.29) is 17.4 Å². The Labute approximate surface area is 160 Å². The number of fused-ring (bicyclic) bond motifs is 2. The number of amides is 2. The van der Waals surface area contributed by atoms with Crippen molar-refractivity contribution in [2.24, 2.45) is 11.8 Å². The molecule has 2 fully saturated rings. The quantitative estimate of drug-likeness (QED) is 0.833. The second kappa shape index (κ2) is 6.50. The van der Waals surface area contributed by atoms with Crippen LogP contribution in [0.15, 0.2) is 18.5 Å². The molecule has 5 rings (SSSR count). The van der Waals surface area contributed by atoms with Crippen molar-refractivity contribution < 1.29 is 9.59 Å². The van der Waals surface area contributed by atoms with Gasteiger partial charge in [-0.1, -0.05) is 12.2 Å². The maximum Gasteiger partial charge on any atom is 0.226 e. The average molecular weight is 368 g/mol. The van der Waals surface area contributed by atoms with Crippen molar-refractivity contribution in [3.8, 4) is 0 Å². The number of carbonyl (C=O) groups is 2. The van der Waals surface area contributed by atoms with Crippen LogP contribution in [0.3, 0.4) is 0 Å². The van der Waals surface area contributed by atoms with Crippen LogP contribution in [-0.4, -0.2) is 51.2 Å². The monoisotopic (exact) mass is 368 g/mol. The van der Waals surface area contributed by atoms with Crippen molar-refractivity contribution in [1.29, 1.82) is 0 Å².